The Hall–Kier alpha value is -3.52. The molecule has 0 aliphatic carbocycles. The predicted molar refractivity (Wildman–Crippen MR) is 112 cm³/mol. The van der Waals surface area contributed by atoms with Crippen molar-refractivity contribution in [3.05, 3.63) is 18.2 Å². The van der Waals surface area contributed by atoms with Gasteiger partial charge in [0, 0.05) is 31.3 Å². The molecule has 1 aliphatic heterocycles. The number of hydrogen-bond acceptors (Lipinski definition) is 8. The first-order valence-corrected chi connectivity index (χ1v) is 10.4. The molecule has 14 nitrogen and oxygen atoms in total. The van der Waals surface area contributed by atoms with E-state index in [1.807, 2.05) is 0 Å². The number of aliphatic hydroxyl groups excluding tert-OH is 1. The largest absolute Gasteiger partial charge is 0.480 e. The second-order valence-corrected chi connectivity index (χ2v) is 7.73. The Bertz CT molecular complexity index is 861. The molecular formula is C19H29N7O7. The number of nitrogens with two attached hydrogens (primary N) is 2. The second-order valence-electron chi connectivity index (χ2n) is 7.73. The maximum absolute atomic E-state index is 12.9. The van der Waals surface area contributed by atoms with E-state index in [0.717, 1.165) is 4.90 Å². The minimum Gasteiger partial charge on any atom is -0.480 e. The van der Waals surface area contributed by atoms with Crippen LogP contribution in [0.5, 0.6) is 0 Å². The van der Waals surface area contributed by atoms with Crippen molar-refractivity contribution < 1.29 is 34.2 Å². The SMILES string of the molecule is NC(=O)CCC(NC(=O)C(CO)NC(=O)C(N)Cc1cnc[nH]1)C(=O)N1CCCC1C(=O)O. The van der Waals surface area contributed by atoms with Crippen molar-refractivity contribution in [2.24, 2.45) is 11.5 Å². The number of carbonyl (C=O) groups is 5. The summed E-state index contributed by atoms with van der Waals surface area (Å²) in [6.07, 6.45) is 3.34. The lowest BCUT2D eigenvalue weighted by Crippen LogP contribution is -2.58. The van der Waals surface area contributed by atoms with E-state index in [1.165, 1.54) is 12.5 Å². The Morgan fingerprint density at radius 2 is 1.91 bits per heavy atom. The summed E-state index contributed by atoms with van der Waals surface area (Å²) in [5.74, 6) is -4.19. The zero-order valence-corrected chi connectivity index (χ0v) is 17.9. The maximum atomic E-state index is 12.9. The van der Waals surface area contributed by atoms with Gasteiger partial charge in [-0.25, -0.2) is 9.78 Å². The number of aliphatic hydroxyl groups is 1. The van der Waals surface area contributed by atoms with Gasteiger partial charge in [-0.3, -0.25) is 19.2 Å². The minimum absolute atomic E-state index is 0.108. The molecule has 0 radical (unpaired) electrons. The number of hydrogen-bond donors (Lipinski definition) is 7. The number of aromatic nitrogens is 2. The lowest BCUT2D eigenvalue weighted by Gasteiger charge is -2.28. The molecule has 14 heteroatoms. The summed E-state index contributed by atoms with van der Waals surface area (Å²) in [6.45, 7) is -0.603. The molecule has 0 bridgehead atoms. The number of nitrogens with zero attached hydrogens (tertiary/aromatic N) is 2. The van der Waals surface area contributed by atoms with E-state index >= 15 is 0 Å². The molecule has 0 saturated carbocycles. The van der Waals surface area contributed by atoms with Gasteiger partial charge in [0.15, 0.2) is 0 Å². The Morgan fingerprint density at radius 1 is 1.21 bits per heavy atom. The van der Waals surface area contributed by atoms with Gasteiger partial charge in [-0.2, -0.15) is 0 Å². The predicted octanol–water partition coefficient (Wildman–Crippen LogP) is -3.42. The van der Waals surface area contributed by atoms with E-state index in [0.29, 0.717) is 12.1 Å². The van der Waals surface area contributed by atoms with Crippen molar-refractivity contribution in [3.63, 3.8) is 0 Å². The fourth-order valence-corrected chi connectivity index (χ4v) is 3.50. The van der Waals surface area contributed by atoms with E-state index in [4.69, 9.17) is 11.5 Å². The Balaban J connectivity index is 2.05. The molecule has 1 saturated heterocycles. The van der Waals surface area contributed by atoms with Crippen molar-refractivity contribution in [3.8, 4) is 0 Å². The Kier molecular flexibility index (Phi) is 9.30. The molecule has 2 heterocycles. The van der Waals surface area contributed by atoms with Crippen LogP contribution in [0.3, 0.4) is 0 Å². The first kappa shape index (κ1) is 25.7. The van der Waals surface area contributed by atoms with Gasteiger partial charge in [-0.1, -0.05) is 0 Å². The normalized spacial score (nSPS) is 18.2. The van der Waals surface area contributed by atoms with Crippen molar-refractivity contribution in [1.82, 2.24) is 25.5 Å². The number of carbonyl (C=O) groups excluding carboxylic acids is 4. The monoisotopic (exact) mass is 467 g/mol. The number of amides is 4. The molecule has 1 aromatic heterocycles. The summed E-state index contributed by atoms with van der Waals surface area (Å²) >= 11 is 0. The fraction of sp³-hybridized carbons (Fsp3) is 0.579. The van der Waals surface area contributed by atoms with Gasteiger partial charge in [-0.05, 0) is 19.3 Å². The summed E-state index contributed by atoms with van der Waals surface area (Å²) in [5, 5.41) is 23.6. The van der Waals surface area contributed by atoms with Crippen LogP contribution in [0.2, 0.25) is 0 Å². The molecule has 9 N–H and O–H groups in total. The highest BCUT2D eigenvalue weighted by Crippen LogP contribution is 2.19. The summed E-state index contributed by atoms with van der Waals surface area (Å²) in [4.78, 5) is 68.4. The number of H-pyrrole nitrogens is 1. The molecule has 0 spiro atoms. The number of rotatable bonds is 12. The maximum Gasteiger partial charge on any atom is 0.326 e. The second kappa shape index (κ2) is 11.9. The van der Waals surface area contributed by atoms with Crippen molar-refractivity contribution in [2.45, 2.75) is 56.3 Å². The molecule has 33 heavy (non-hydrogen) atoms. The molecule has 182 valence electrons. The molecule has 2 rings (SSSR count). The van der Waals surface area contributed by atoms with Gasteiger partial charge in [0.25, 0.3) is 0 Å². The first-order valence-electron chi connectivity index (χ1n) is 10.4. The number of carboxylic acids is 1. The fourth-order valence-electron chi connectivity index (χ4n) is 3.50. The highest BCUT2D eigenvalue weighted by atomic mass is 16.4. The third-order valence-electron chi connectivity index (χ3n) is 5.26. The highest BCUT2D eigenvalue weighted by molar-refractivity contribution is 5.94. The van der Waals surface area contributed by atoms with E-state index in [-0.39, 0.29) is 32.2 Å². The van der Waals surface area contributed by atoms with Crippen LogP contribution >= 0.6 is 0 Å². The lowest BCUT2D eigenvalue weighted by molar-refractivity contribution is -0.149. The quantitative estimate of drug-likeness (QED) is 0.162. The number of primary amides is 1. The van der Waals surface area contributed by atoms with Gasteiger partial charge in [0.05, 0.1) is 19.0 Å². The number of carboxylic acid groups (broad SMARTS) is 1. The molecule has 0 aromatic carbocycles. The van der Waals surface area contributed by atoms with Gasteiger partial charge in [0.2, 0.25) is 23.6 Å². The molecule has 4 unspecified atom stereocenters. The molecule has 4 amide bonds. The molecule has 4 atom stereocenters. The molecule has 1 aromatic rings. The van der Waals surface area contributed by atoms with E-state index in [9.17, 15) is 34.2 Å². The number of nitrogens with one attached hydrogen (secondary N) is 3. The van der Waals surface area contributed by atoms with E-state index < -0.39 is 60.4 Å². The van der Waals surface area contributed by atoms with Gasteiger partial charge >= 0.3 is 5.97 Å². The highest BCUT2D eigenvalue weighted by Gasteiger charge is 2.38. The summed E-state index contributed by atoms with van der Waals surface area (Å²) in [6, 6.07) is -4.78. The molecular weight excluding hydrogens is 438 g/mol. The van der Waals surface area contributed by atoms with Crippen molar-refractivity contribution in [2.75, 3.05) is 13.2 Å². The van der Waals surface area contributed by atoms with Crippen molar-refractivity contribution >= 4 is 29.6 Å². The molecule has 1 fully saturated rings. The van der Waals surface area contributed by atoms with Crippen LogP contribution in [-0.4, -0.2) is 92.0 Å². The number of likely N-dealkylation sites (tertiary alicyclic amines) is 1. The van der Waals surface area contributed by atoms with Gasteiger partial charge in [-0.15, -0.1) is 0 Å². The number of aromatic amines is 1. The zero-order valence-electron chi connectivity index (χ0n) is 17.9. The molecule has 1 aliphatic rings. The smallest absolute Gasteiger partial charge is 0.326 e. The zero-order chi connectivity index (χ0) is 24.5. The van der Waals surface area contributed by atoms with Crippen LogP contribution < -0.4 is 22.1 Å². The average Bonchev–Trinajstić information content (AvgIpc) is 3.45. The van der Waals surface area contributed by atoms with Crippen LogP contribution in [0.25, 0.3) is 0 Å². The van der Waals surface area contributed by atoms with Crippen LogP contribution in [0.15, 0.2) is 12.5 Å². The average molecular weight is 467 g/mol. The standard InChI is InChI=1S/C19H29N7O7/c20-11(6-10-7-22-9-23-10)16(29)25-13(8-27)17(30)24-12(3-4-15(21)28)18(31)26-5-1-2-14(26)19(32)33/h7,9,11-14,27H,1-6,8,20H2,(H2,21,28)(H,22,23)(H,24,30)(H,25,29)(H,32,33). The van der Waals surface area contributed by atoms with Crippen molar-refractivity contribution in [1.29, 1.82) is 0 Å². The topological polar surface area (TPSA) is 234 Å². The third-order valence-corrected chi connectivity index (χ3v) is 5.26. The first-order chi connectivity index (χ1) is 15.6. The third kappa shape index (κ3) is 7.25. The van der Waals surface area contributed by atoms with Crippen LogP contribution in [-0.2, 0) is 30.4 Å². The lowest BCUT2D eigenvalue weighted by atomic mass is 10.1. The van der Waals surface area contributed by atoms with Crippen LogP contribution in [0.4, 0.5) is 0 Å². The van der Waals surface area contributed by atoms with E-state index in [2.05, 4.69) is 20.6 Å². The van der Waals surface area contributed by atoms with E-state index in [1.54, 1.807) is 0 Å². The van der Waals surface area contributed by atoms with Crippen LogP contribution in [0.1, 0.15) is 31.4 Å². The van der Waals surface area contributed by atoms with Crippen LogP contribution in [0, 0.1) is 0 Å². The summed E-state index contributed by atoms with van der Waals surface area (Å²) in [7, 11) is 0. The number of aliphatic carboxylic acids is 1. The minimum atomic E-state index is -1.43. The Morgan fingerprint density at radius 3 is 2.48 bits per heavy atom. The summed E-state index contributed by atoms with van der Waals surface area (Å²) in [5.41, 5.74) is 11.6. The Labute approximate surface area is 189 Å². The number of imidazole rings is 1. The van der Waals surface area contributed by atoms with Gasteiger partial charge < -0.3 is 42.2 Å². The van der Waals surface area contributed by atoms with Gasteiger partial charge in [0.1, 0.15) is 18.1 Å². The summed E-state index contributed by atoms with van der Waals surface area (Å²) < 4.78 is 0.